The zero-order valence-corrected chi connectivity index (χ0v) is 10.3. The van der Waals surface area contributed by atoms with E-state index in [1.165, 1.54) is 20.0 Å². The van der Waals surface area contributed by atoms with E-state index in [1.54, 1.807) is 11.3 Å². The van der Waals surface area contributed by atoms with Crippen LogP contribution >= 0.6 is 11.3 Å². The minimum Gasteiger partial charge on any atom is -0.465 e. The van der Waals surface area contributed by atoms with Crippen LogP contribution in [0.4, 0.5) is 5.00 Å². The Kier molecular flexibility index (Phi) is 2.52. The van der Waals surface area contributed by atoms with E-state index in [0.717, 1.165) is 15.1 Å². The van der Waals surface area contributed by atoms with Crippen LogP contribution in [0.2, 0.25) is 0 Å². The minimum atomic E-state index is -0.259. The number of hydrogen-bond donors (Lipinski definition) is 1. The van der Waals surface area contributed by atoms with E-state index in [1.807, 2.05) is 24.3 Å². The summed E-state index contributed by atoms with van der Waals surface area (Å²) >= 11 is 1.62. The maximum atomic E-state index is 11.9. The van der Waals surface area contributed by atoms with Crippen molar-refractivity contribution in [2.75, 3.05) is 12.4 Å². The van der Waals surface area contributed by atoms with Gasteiger partial charge < -0.3 is 10.1 Å². The van der Waals surface area contributed by atoms with Crippen LogP contribution in [0.1, 0.15) is 23.2 Å². The average Bonchev–Trinajstić information content (AvgIpc) is 3.08. The third kappa shape index (κ3) is 1.89. The lowest BCUT2D eigenvalue weighted by Crippen LogP contribution is -2.07. The number of benzene rings is 1. The summed E-state index contributed by atoms with van der Waals surface area (Å²) in [6.45, 7) is 0. The molecule has 1 aromatic carbocycles. The van der Waals surface area contributed by atoms with Gasteiger partial charge in [0, 0.05) is 16.1 Å². The highest BCUT2D eigenvalue weighted by atomic mass is 32.1. The summed E-state index contributed by atoms with van der Waals surface area (Å²) in [4.78, 5) is 11.9. The van der Waals surface area contributed by atoms with Gasteiger partial charge in [0.15, 0.2) is 0 Å². The number of nitrogens with one attached hydrogen (secondary N) is 1. The molecule has 3 nitrogen and oxygen atoms in total. The quantitative estimate of drug-likeness (QED) is 0.846. The van der Waals surface area contributed by atoms with Crippen LogP contribution in [0, 0.1) is 0 Å². The molecule has 1 heterocycles. The predicted octanol–water partition coefficient (Wildman–Crippen LogP) is 3.26. The van der Waals surface area contributed by atoms with Gasteiger partial charge in [-0.2, -0.15) is 0 Å². The molecule has 0 bridgehead atoms. The van der Waals surface area contributed by atoms with Gasteiger partial charge in [0.1, 0.15) is 10.6 Å². The zero-order valence-electron chi connectivity index (χ0n) is 9.53. The van der Waals surface area contributed by atoms with Crippen molar-refractivity contribution in [3.05, 3.63) is 29.8 Å². The lowest BCUT2D eigenvalue weighted by Gasteiger charge is -2.04. The lowest BCUT2D eigenvalue weighted by atomic mass is 10.1. The molecule has 0 atom stereocenters. The molecule has 17 heavy (non-hydrogen) atoms. The van der Waals surface area contributed by atoms with Crippen LogP contribution in [0.15, 0.2) is 24.3 Å². The van der Waals surface area contributed by atoms with Crippen LogP contribution < -0.4 is 5.32 Å². The van der Waals surface area contributed by atoms with Gasteiger partial charge in [-0.15, -0.1) is 11.3 Å². The SMILES string of the molecule is COC(=O)c1c(NC2CC2)sc2ccccc12. The molecule has 0 unspecified atom stereocenters. The number of hydrogen-bond acceptors (Lipinski definition) is 4. The van der Waals surface area contributed by atoms with Crippen molar-refractivity contribution < 1.29 is 9.53 Å². The Balaban J connectivity index is 2.13. The Morgan fingerprint density at radius 2 is 2.18 bits per heavy atom. The molecule has 0 saturated heterocycles. The summed E-state index contributed by atoms with van der Waals surface area (Å²) in [5.41, 5.74) is 0.681. The highest BCUT2D eigenvalue weighted by Crippen LogP contribution is 2.38. The number of methoxy groups -OCH3 is 1. The molecule has 1 fully saturated rings. The van der Waals surface area contributed by atoms with Crippen LogP contribution in [-0.2, 0) is 4.74 Å². The first-order chi connectivity index (χ1) is 8.29. The van der Waals surface area contributed by atoms with Gasteiger partial charge in [0.25, 0.3) is 0 Å². The van der Waals surface area contributed by atoms with E-state index >= 15 is 0 Å². The summed E-state index contributed by atoms with van der Waals surface area (Å²) in [5, 5.41) is 5.33. The molecule has 1 aliphatic rings. The van der Waals surface area contributed by atoms with E-state index in [0.29, 0.717) is 11.6 Å². The van der Waals surface area contributed by atoms with Crippen LogP contribution in [0.5, 0.6) is 0 Å². The molecule has 1 aliphatic carbocycles. The molecule has 88 valence electrons. The second kappa shape index (κ2) is 4.04. The number of esters is 1. The van der Waals surface area contributed by atoms with Crippen molar-refractivity contribution in [3.8, 4) is 0 Å². The van der Waals surface area contributed by atoms with E-state index in [2.05, 4.69) is 5.32 Å². The first kappa shape index (κ1) is 10.6. The number of ether oxygens (including phenoxy) is 1. The molecule has 0 amide bonds. The first-order valence-electron chi connectivity index (χ1n) is 5.66. The first-order valence-corrected chi connectivity index (χ1v) is 6.47. The topological polar surface area (TPSA) is 38.3 Å². The van der Waals surface area contributed by atoms with Gasteiger partial charge >= 0.3 is 5.97 Å². The molecule has 0 aliphatic heterocycles. The highest BCUT2D eigenvalue weighted by Gasteiger charge is 2.26. The van der Waals surface area contributed by atoms with E-state index < -0.39 is 0 Å². The van der Waals surface area contributed by atoms with Gasteiger partial charge in [-0.1, -0.05) is 18.2 Å². The predicted molar refractivity (Wildman–Crippen MR) is 69.8 cm³/mol. The standard InChI is InChI=1S/C13H13NO2S/c1-16-13(15)11-9-4-2-3-5-10(9)17-12(11)14-8-6-7-8/h2-5,8,14H,6-7H2,1H3. The largest absolute Gasteiger partial charge is 0.465 e. The van der Waals surface area contributed by atoms with E-state index in [9.17, 15) is 4.79 Å². The summed E-state index contributed by atoms with van der Waals surface area (Å²) in [7, 11) is 1.43. The van der Waals surface area contributed by atoms with Crippen molar-refractivity contribution in [2.24, 2.45) is 0 Å². The zero-order chi connectivity index (χ0) is 11.8. The average molecular weight is 247 g/mol. The number of anilines is 1. The van der Waals surface area contributed by atoms with Gasteiger partial charge in [0.2, 0.25) is 0 Å². The van der Waals surface area contributed by atoms with Gasteiger partial charge in [-0.3, -0.25) is 0 Å². The number of rotatable bonds is 3. The molecular formula is C13H13NO2S. The second-order valence-electron chi connectivity index (χ2n) is 4.21. The highest BCUT2D eigenvalue weighted by molar-refractivity contribution is 7.23. The molecule has 1 saturated carbocycles. The van der Waals surface area contributed by atoms with Crippen molar-refractivity contribution in [1.82, 2.24) is 0 Å². The fraction of sp³-hybridized carbons (Fsp3) is 0.308. The summed E-state index contributed by atoms with van der Waals surface area (Å²) in [6, 6.07) is 8.47. The summed E-state index contributed by atoms with van der Waals surface area (Å²) in [5.74, 6) is -0.259. The smallest absolute Gasteiger partial charge is 0.341 e. The number of thiophene rings is 1. The molecule has 0 spiro atoms. The molecule has 1 aromatic heterocycles. The third-order valence-electron chi connectivity index (χ3n) is 2.90. The molecule has 2 aromatic rings. The maximum absolute atomic E-state index is 11.9. The number of carbonyl (C=O) groups excluding carboxylic acids is 1. The fourth-order valence-corrected chi connectivity index (χ4v) is 3.03. The minimum absolute atomic E-state index is 0.259. The van der Waals surface area contributed by atoms with Crippen molar-refractivity contribution in [3.63, 3.8) is 0 Å². The Hall–Kier alpha value is -1.55. The molecular weight excluding hydrogens is 234 g/mol. The van der Waals surface area contributed by atoms with Crippen molar-refractivity contribution >= 4 is 32.4 Å². The van der Waals surface area contributed by atoms with Crippen LogP contribution in [0.25, 0.3) is 10.1 Å². The van der Waals surface area contributed by atoms with Crippen LogP contribution in [0.3, 0.4) is 0 Å². The normalized spacial score (nSPS) is 14.9. The molecule has 1 N–H and O–H groups in total. The monoisotopic (exact) mass is 247 g/mol. The van der Waals surface area contributed by atoms with Gasteiger partial charge in [-0.25, -0.2) is 4.79 Å². The van der Waals surface area contributed by atoms with Crippen molar-refractivity contribution in [1.29, 1.82) is 0 Å². The number of fused-ring (bicyclic) bond motifs is 1. The summed E-state index contributed by atoms with van der Waals surface area (Å²) in [6.07, 6.45) is 2.38. The Labute approximate surface area is 103 Å². The maximum Gasteiger partial charge on any atom is 0.341 e. The third-order valence-corrected chi connectivity index (χ3v) is 4.00. The fourth-order valence-electron chi connectivity index (χ4n) is 1.86. The van der Waals surface area contributed by atoms with Gasteiger partial charge in [-0.05, 0) is 18.9 Å². The lowest BCUT2D eigenvalue weighted by molar-refractivity contribution is 0.0604. The molecule has 0 radical (unpaired) electrons. The van der Waals surface area contributed by atoms with Gasteiger partial charge in [0.05, 0.1) is 7.11 Å². The molecule has 3 rings (SSSR count). The Morgan fingerprint density at radius 3 is 2.88 bits per heavy atom. The molecule has 4 heteroatoms. The number of carbonyl (C=O) groups is 1. The Bertz CT molecular complexity index is 572. The summed E-state index contributed by atoms with van der Waals surface area (Å²) < 4.78 is 5.99. The van der Waals surface area contributed by atoms with E-state index in [4.69, 9.17) is 4.74 Å². The van der Waals surface area contributed by atoms with Crippen molar-refractivity contribution in [2.45, 2.75) is 18.9 Å². The Morgan fingerprint density at radius 1 is 1.41 bits per heavy atom. The second-order valence-corrected chi connectivity index (χ2v) is 5.26. The van der Waals surface area contributed by atoms with E-state index in [-0.39, 0.29) is 5.97 Å². The van der Waals surface area contributed by atoms with Crippen LogP contribution in [-0.4, -0.2) is 19.1 Å².